The lowest BCUT2D eigenvalue weighted by molar-refractivity contribution is -0.384. The van der Waals surface area contributed by atoms with Gasteiger partial charge in [0.1, 0.15) is 5.69 Å². The number of nitrogens with one attached hydrogen (secondary N) is 1. The zero-order chi connectivity index (χ0) is 14.0. The van der Waals surface area contributed by atoms with Gasteiger partial charge >= 0.3 is 5.69 Å². The maximum absolute atomic E-state index is 11.2. The highest BCUT2D eigenvalue weighted by Crippen LogP contribution is 2.28. The van der Waals surface area contributed by atoms with Gasteiger partial charge in [0.25, 0.3) is 0 Å². The van der Waals surface area contributed by atoms with Gasteiger partial charge in [-0.25, -0.2) is 9.69 Å². The van der Waals surface area contributed by atoms with E-state index in [1.54, 1.807) is 11.7 Å². The third-order valence-corrected chi connectivity index (χ3v) is 3.38. The molecule has 2 rings (SSSR count). The number of hydrogen-bond donors (Lipinski definition) is 1. The number of anilines is 1. The summed E-state index contributed by atoms with van der Waals surface area (Å²) in [5.74, 6) is 0.464. The fourth-order valence-corrected chi connectivity index (χ4v) is 2.19. The van der Waals surface area contributed by atoms with E-state index in [-0.39, 0.29) is 10.6 Å². The molecule has 1 aromatic heterocycles. The molecular formula is C11H20N6O2. The zero-order valence-corrected chi connectivity index (χ0v) is 11.6. The summed E-state index contributed by atoms with van der Waals surface area (Å²) in [7, 11) is 3.80. The van der Waals surface area contributed by atoms with E-state index in [4.69, 9.17) is 0 Å². The van der Waals surface area contributed by atoms with E-state index in [0.29, 0.717) is 17.9 Å². The van der Waals surface area contributed by atoms with Gasteiger partial charge in [-0.15, -0.1) is 0 Å². The second kappa shape index (κ2) is 5.54. The minimum Gasteiger partial charge on any atom is -0.304 e. The van der Waals surface area contributed by atoms with Crippen LogP contribution in [0.1, 0.15) is 12.6 Å². The maximum atomic E-state index is 11.2. The highest BCUT2D eigenvalue weighted by Gasteiger charge is 2.27. The molecule has 0 atom stereocenters. The van der Waals surface area contributed by atoms with Crippen LogP contribution >= 0.6 is 0 Å². The third kappa shape index (κ3) is 2.85. The Morgan fingerprint density at radius 2 is 1.95 bits per heavy atom. The van der Waals surface area contributed by atoms with Crippen LogP contribution in [0.4, 0.5) is 11.5 Å². The van der Waals surface area contributed by atoms with Crippen LogP contribution in [0.5, 0.6) is 0 Å². The molecule has 2 heterocycles. The first kappa shape index (κ1) is 13.8. The minimum absolute atomic E-state index is 0.0870. The van der Waals surface area contributed by atoms with Crippen LogP contribution in [0.25, 0.3) is 0 Å². The first-order valence-electron chi connectivity index (χ1n) is 6.43. The van der Waals surface area contributed by atoms with Gasteiger partial charge in [-0.2, -0.15) is 5.10 Å². The van der Waals surface area contributed by atoms with Gasteiger partial charge in [0, 0.05) is 33.2 Å². The Labute approximate surface area is 112 Å². The van der Waals surface area contributed by atoms with Crippen molar-refractivity contribution >= 4 is 11.5 Å². The van der Waals surface area contributed by atoms with Gasteiger partial charge in [0.05, 0.1) is 4.92 Å². The molecule has 1 saturated heterocycles. The number of nitrogens with zero attached hydrogens (tertiary/aromatic N) is 5. The topological polar surface area (TPSA) is 79.5 Å². The predicted molar refractivity (Wildman–Crippen MR) is 71.9 cm³/mol. The molecule has 19 heavy (non-hydrogen) atoms. The van der Waals surface area contributed by atoms with Gasteiger partial charge in [0.2, 0.25) is 5.82 Å². The molecule has 0 amide bonds. The molecule has 1 N–H and O–H groups in total. The van der Waals surface area contributed by atoms with Crippen molar-refractivity contribution in [2.24, 2.45) is 7.05 Å². The van der Waals surface area contributed by atoms with Gasteiger partial charge in [-0.1, -0.05) is 6.92 Å². The summed E-state index contributed by atoms with van der Waals surface area (Å²) in [6.07, 6.45) is 0.550. The molecule has 8 nitrogen and oxygen atoms in total. The second-order valence-electron chi connectivity index (χ2n) is 4.78. The number of hydrazine groups is 1. The molecule has 1 fully saturated rings. The normalized spacial score (nSPS) is 17.6. The van der Waals surface area contributed by atoms with E-state index in [1.807, 2.05) is 11.9 Å². The summed E-state index contributed by atoms with van der Waals surface area (Å²) >= 11 is 0. The Hall–Kier alpha value is -1.67. The molecule has 1 aromatic rings. The number of hydrogen-bond acceptors (Lipinski definition) is 6. The molecule has 1 aliphatic rings. The van der Waals surface area contributed by atoms with Crippen LogP contribution in [0.3, 0.4) is 0 Å². The van der Waals surface area contributed by atoms with Crippen molar-refractivity contribution in [2.45, 2.75) is 13.3 Å². The SMILES string of the molecule is CCc1nn(C)c(NN2CCN(C)CC2)c1[N+](=O)[O-]. The summed E-state index contributed by atoms with van der Waals surface area (Å²) in [5.41, 5.74) is 3.74. The van der Waals surface area contributed by atoms with Crippen LogP contribution < -0.4 is 5.43 Å². The molecule has 8 heteroatoms. The summed E-state index contributed by atoms with van der Waals surface area (Å²) < 4.78 is 1.55. The van der Waals surface area contributed by atoms with Crippen molar-refractivity contribution in [2.75, 3.05) is 38.7 Å². The van der Waals surface area contributed by atoms with E-state index >= 15 is 0 Å². The summed E-state index contributed by atoms with van der Waals surface area (Å²) in [5, 5.41) is 17.4. The largest absolute Gasteiger partial charge is 0.335 e. The van der Waals surface area contributed by atoms with E-state index in [9.17, 15) is 10.1 Å². The number of aromatic nitrogens is 2. The molecule has 0 aliphatic carbocycles. The first-order chi connectivity index (χ1) is 9.02. The molecular weight excluding hydrogens is 248 g/mol. The number of aryl methyl sites for hydroxylation is 2. The summed E-state index contributed by atoms with van der Waals surface area (Å²) in [6.45, 7) is 5.42. The lowest BCUT2D eigenvalue weighted by Gasteiger charge is -2.32. The molecule has 0 bridgehead atoms. The predicted octanol–water partition coefficient (Wildman–Crippen LogP) is 0.465. The van der Waals surface area contributed by atoms with Crippen LogP contribution in [0, 0.1) is 10.1 Å². The van der Waals surface area contributed by atoms with Crippen molar-refractivity contribution < 1.29 is 4.92 Å². The van der Waals surface area contributed by atoms with Crippen molar-refractivity contribution in [3.63, 3.8) is 0 Å². The number of piperazine rings is 1. The smallest absolute Gasteiger partial charge is 0.304 e. The second-order valence-corrected chi connectivity index (χ2v) is 4.78. The standard InChI is InChI=1S/C11H20N6O2/c1-4-9-10(17(18)19)11(15(3)12-9)13-16-7-5-14(2)6-8-16/h13H,4-8H2,1-3H3. The number of likely N-dealkylation sites (N-methyl/N-ethyl adjacent to an activating group) is 1. The Bertz CT molecular complexity index is 464. The van der Waals surface area contributed by atoms with Crippen LogP contribution in [-0.2, 0) is 13.5 Å². The van der Waals surface area contributed by atoms with E-state index in [0.717, 1.165) is 26.2 Å². The molecule has 1 aliphatic heterocycles. The molecule has 0 aromatic carbocycles. The zero-order valence-electron chi connectivity index (χ0n) is 11.6. The van der Waals surface area contributed by atoms with Gasteiger partial charge < -0.3 is 4.90 Å². The average Bonchev–Trinajstić information content (AvgIpc) is 2.69. The fraction of sp³-hybridized carbons (Fsp3) is 0.727. The van der Waals surface area contributed by atoms with E-state index in [1.165, 1.54) is 0 Å². The number of rotatable bonds is 4. The molecule has 106 valence electrons. The Balaban J connectivity index is 2.19. The van der Waals surface area contributed by atoms with Gasteiger partial charge in [-0.3, -0.25) is 15.5 Å². The third-order valence-electron chi connectivity index (χ3n) is 3.38. The lowest BCUT2D eigenvalue weighted by atomic mass is 10.3. The van der Waals surface area contributed by atoms with Crippen LogP contribution in [0.15, 0.2) is 0 Å². The number of nitro groups is 1. The Morgan fingerprint density at radius 3 is 2.47 bits per heavy atom. The Kier molecular flexibility index (Phi) is 4.01. The average molecular weight is 268 g/mol. The van der Waals surface area contributed by atoms with Gasteiger partial charge in [-0.05, 0) is 13.5 Å². The molecule has 0 spiro atoms. The highest BCUT2D eigenvalue weighted by molar-refractivity contribution is 5.59. The van der Waals surface area contributed by atoms with E-state index in [2.05, 4.69) is 22.5 Å². The quantitative estimate of drug-likeness (QED) is 0.631. The Morgan fingerprint density at radius 1 is 1.32 bits per heavy atom. The monoisotopic (exact) mass is 268 g/mol. The van der Waals surface area contributed by atoms with Crippen molar-refractivity contribution in [3.8, 4) is 0 Å². The summed E-state index contributed by atoms with van der Waals surface area (Å²) in [4.78, 5) is 13.1. The molecule has 0 radical (unpaired) electrons. The first-order valence-corrected chi connectivity index (χ1v) is 6.43. The van der Waals surface area contributed by atoms with Crippen LogP contribution in [0.2, 0.25) is 0 Å². The lowest BCUT2D eigenvalue weighted by Crippen LogP contribution is -2.47. The van der Waals surface area contributed by atoms with Crippen molar-refractivity contribution in [1.29, 1.82) is 0 Å². The van der Waals surface area contributed by atoms with Crippen LogP contribution in [-0.4, -0.2) is 57.8 Å². The molecule has 0 unspecified atom stereocenters. The van der Waals surface area contributed by atoms with Crippen molar-refractivity contribution in [1.82, 2.24) is 19.7 Å². The fourth-order valence-electron chi connectivity index (χ4n) is 2.19. The highest BCUT2D eigenvalue weighted by atomic mass is 16.6. The maximum Gasteiger partial charge on any atom is 0.335 e. The van der Waals surface area contributed by atoms with Gasteiger partial charge in [0.15, 0.2) is 0 Å². The van der Waals surface area contributed by atoms with Crippen molar-refractivity contribution in [3.05, 3.63) is 15.8 Å². The summed E-state index contributed by atoms with van der Waals surface area (Å²) in [6, 6.07) is 0. The molecule has 0 saturated carbocycles. The van der Waals surface area contributed by atoms with E-state index < -0.39 is 0 Å². The minimum atomic E-state index is -0.357.